The predicted octanol–water partition coefficient (Wildman–Crippen LogP) is 1.19. The standard InChI is InChI=1S/C10H15ClN4/c1-8-9(11)12-7-13-10(8)15-5-3-14(2)4-6-15/h7H,3-6H2,1-2H3. The molecule has 0 aliphatic carbocycles. The van der Waals surface area contributed by atoms with Gasteiger partial charge < -0.3 is 9.80 Å². The van der Waals surface area contributed by atoms with E-state index in [1.165, 1.54) is 6.33 Å². The van der Waals surface area contributed by atoms with Gasteiger partial charge in [-0.15, -0.1) is 0 Å². The smallest absolute Gasteiger partial charge is 0.137 e. The number of aromatic nitrogens is 2. The van der Waals surface area contributed by atoms with Crippen molar-refractivity contribution in [3.05, 3.63) is 17.0 Å². The van der Waals surface area contributed by atoms with Crippen LogP contribution in [0.2, 0.25) is 5.15 Å². The molecule has 0 saturated carbocycles. The Kier molecular flexibility index (Phi) is 3.07. The molecule has 1 aliphatic rings. The fourth-order valence-corrected chi connectivity index (χ4v) is 1.89. The Balaban J connectivity index is 2.19. The Hall–Kier alpha value is -0.870. The zero-order chi connectivity index (χ0) is 10.8. The summed E-state index contributed by atoms with van der Waals surface area (Å²) in [5, 5.41) is 0.555. The van der Waals surface area contributed by atoms with E-state index >= 15 is 0 Å². The van der Waals surface area contributed by atoms with Crippen LogP contribution in [-0.4, -0.2) is 48.1 Å². The van der Waals surface area contributed by atoms with Gasteiger partial charge >= 0.3 is 0 Å². The number of anilines is 1. The van der Waals surface area contributed by atoms with Crippen LogP contribution in [0, 0.1) is 6.92 Å². The highest BCUT2D eigenvalue weighted by atomic mass is 35.5. The van der Waals surface area contributed by atoms with Crippen molar-refractivity contribution in [2.24, 2.45) is 0 Å². The van der Waals surface area contributed by atoms with E-state index in [4.69, 9.17) is 11.6 Å². The molecule has 82 valence electrons. The third kappa shape index (κ3) is 2.21. The summed E-state index contributed by atoms with van der Waals surface area (Å²) in [5.41, 5.74) is 0.976. The first-order valence-electron chi connectivity index (χ1n) is 5.09. The van der Waals surface area contributed by atoms with Gasteiger partial charge in [-0.2, -0.15) is 0 Å². The van der Waals surface area contributed by atoms with Crippen molar-refractivity contribution in [3.63, 3.8) is 0 Å². The molecule has 0 N–H and O–H groups in total. The molecular weight excluding hydrogens is 212 g/mol. The molecule has 0 amide bonds. The van der Waals surface area contributed by atoms with Gasteiger partial charge in [0, 0.05) is 31.7 Å². The lowest BCUT2D eigenvalue weighted by Gasteiger charge is -2.33. The maximum atomic E-state index is 5.97. The summed E-state index contributed by atoms with van der Waals surface area (Å²) < 4.78 is 0. The molecule has 4 nitrogen and oxygen atoms in total. The Morgan fingerprint density at radius 1 is 1.20 bits per heavy atom. The average molecular weight is 227 g/mol. The van der Waals surface area contributed by atoms with E-state index < -0.39 is 0 Å². The summed E-state index contributed by atoms with van der Waals surface area (Å²) in [5.74, 6) is 0.975. The largest absolute Gasteiger partial charge is 0.354 e. The lowest BCUT2D eigenvalue weighted by molar-refractivity contribution is 0.312. The van der Waals surface area contributed by atoms with Crippen LogP contribution in [0.15, 0.2) is 6.33 Å². The van der Waals surface area contributed by atoms with E-state index in [0.717, 1.165) is 37.6 Å². The number of hydrogen-bond donors (Lipinski definition) is 0. The van der Waals surface area contributed by atoms with Crippen molar-refractivity contribution < 1.29 is 0 Å². The van der Waals surface area contributed by atoms with E-state index in [0.29, 0.717) is 5.15 Å². The average Bonchev–Trinajstić information content (AvgIpc) is 2.24. The lowest BCUT2D eigenvalue weighted by atomic mass is 10.2. The fraction of sp³-hybridized carbons (Fsp3) is 0.600. The van der Waals surface area contributed by atoms with Crippen LogP contribution < -0.4 is 4.90 Å². The molecule has 1 fully saturated rings. The molecule has 0 radical (unpaired) electrons. The summed E-state index contributed by atoms with van der Waals surface area (Å²) in [6.45, 7) is 6.12. The molecule has 1 aromatic heterocycles. The van der Waals surface area contributed by atoms with Crippen LogP contribution in [-0.2, 0) is 0 Å². The summed E-state index contributed by atoms with van der Waals surface area (Å²) >= 11 is 5.97. The third-order valence-electron chi connectivity index (χ3n) is 2.80. The third-order valence-corrected chi connectivity index (χ3v) is 3.18. The van der Waals surface area contributed by atoms with Crippen LogP contribution in [0.25, 0.3) is 0 Å². The maximum absolute atomic E-state index is 5.97. The van der Waals surface area contributed by atoms with E-state index in [9.17, 15) is 0 Å². The second-order valence-corrected chi connectivity index (χ2v) is 4.26. The van der Waals surface area contributed by atoms with Gasteiger partial charge in [0.2, 0.25) is 0 Å². The summed E-state index contributed by atoms with van der Waals surface area (Å²) in [4.78, 5) is 12.8. The minimum atomic E-state index is 0.555. The van der Waals surface area contributed by atoms with E-state index in [2.05, 4.69) is 26.8 Å². The Morgan fingerprint density at radius 2 is 1.87 bits per heavy atom. The Bertz CT molecular complexity index is 347. The van der Waals surface area contributed by atoms with Crippen molar-refractivity contribution in [2.45, 2.75) is 6.92 Å². The highest BCUT2D eigenvalue weighted by Crippen LogP contribution is 2.22. The van der Waals surface area contributed by atoms with Crippen molar-refractivity contribution in [3.8, 4) is 0 Å². The summed E-state index contributed by atoms with van der Waals surface area (Å²) in [7, 11) is 2.14. The highest BCUT2D eigenvalue weighted by Gasteiger charge is 2.17. The Morgan fingerprint density at radius 3 is 2.53 bits per heavy atom. The fourth-order valence-electron chi connectivity index (χ4n) is 1.76. The van der Waals surface area contributed by atoms with Crippen molar-refractivity contribution in [1.29, 1.82) is 0 Å². The quantitative estimate of drug-likeness (QED) is 0.674. The predicted molar refractivity (Wildman–Crippen MR) is 61.5 cm³/mol. The van der Waals surface area contributed by atoms with Crippen LogP contribution in [0.4, 0.5) is 5.82 Å². The number of likely N-dealkylation sites (N-methyl/N-ethyl adjacent to an activating group) is 1. The van der Waals surface area contributed by atoms with Gasteiger partial charge in [-0.1, -0.05) is 11.6 Å². The summed E-state index contributed by atoms with van der Waals surface area (Å²) in [6.07, 6.45) is 1.53. The molecule has 0 unspecified atom stereocenters. The highest BCUT2D eigenvalue weighted by molar-refractivity contribution is 6.30. The second-order valence-electron chi connectivity index (χ2n) is 3.90. The molecule has 0 spiro atoms. The topological polar surface area (TPSA) is 32.3 Å². The molecule has 5 heteroatoms. The van der Waals surface area contributed by atoms with Gasteiger partial charge in [0.05, 0.1) is 0 Å². The molecule has 1 saturated heterocycles. The van der Waals surface area contributed by atoms with Crippen LogP contribution >= 0.6 is 11.6 Å². The van der Waals surface area contributed by atoms with Crippen LogP contribution in [0.5, 0.6) is 0 Å². The van der Waals surface area contributed by atoms with Gasteiger partial charge in [-0.25, -0.2) is 9.97 Å². The molecule has 0 aromatic carbocycles. The maximum Gasteiger partial charge on any atom is 0.137 e. The molecule has 1 aliphatic heterocycles. The lowest BCUT2D eigenvalue weighted by Crippen LogP contribution is -2.45. The van der Waals surface area contributed by atoms with Gasteiger partial charge in [-0.3, -0.25) is 0 Å². The molecule has 0 bridgehead atoms. The molecule has 1 aromatic rings. The van der Waals surface area contributed by atoms with Crippen LogP contribution in [0.3, 0.4) is 0 Å². The molecule has 0 atom stereocenters. The van der Waals surface area contributed by atoms with E-state index in [-0.39, 0.29) is 0 Å². The van der Waals surface area contributed by atoms with Crippen molar-refractivity contribution in [1.82, 2.24) is 14.9 Å². The number of halogens is 1. The normalized spacial score (nSPS) is 18.2. The molecule has 2 rings (SSSR count). The minimum absolute atomic E-state index is 0.555. The number of hydrogen-bond acceptors (Lipinski definition) is 4. The van der Waals surface area contributed by atoms with Gasteiger partial charge in [0.25, 0.3) is 0 Å². The SMILES string of the molecule is Cc1c(Cl)ncnc1N1CCN(C)CC1. The summed E-state index contributed by atoms with van der Waals surface area (Å²) in [6, 6.07) is 0. The zero-order valence-corrected chi connectivity index (χ0v) is 9.83. The zero-order valence-electron chi connectivity index (χ0n) is 9.07. The van der Waals surface area contributed by atoms with E-state index in [1.54, 1.807) is 0 Å². The van der Waals surface area contributed by atoms with Gasteiger partial charge in [0.15, 0.2) is 0 Å². The number of rotatable bonds is 1. The molecular formula is C10H15ClN4. The van der Waals surface area contributed by atoms with Crippen LogP contribution in [0.1, 0.15) is 5.56 Å². The first kappa shape index (κ1) is 10.6. The van der Waals surface area contributed by atoms with Crippen molar-refractivity contribution >= 4 is 17.4 Å². The number of piperazine rings is 1. The number of nitrogens with zero attached hydrogens (tertiary/aromatic N) is 4. The van der Waals surface area contributed by atoms with E-state index in [1.807, 2.05) is 6.92 Å². The molecule has 2 heterocycles. The molecule has 15 heavy (non-hydrogen) atoms. The van der Waals surface area contributed by atoms with Crippen molar-refractivity contribution in [2.75, 3.05) is 38.1 Å². The van der Waals surface area contributed by atoms with Gasteiger partial charge in [0.1, 0.15) is 17.3 Å². The Labute approximate surface area is 94.9 Å². The minimum Gasteiger partial charge on any atom is -0.354 e. The van der Waals surface area contributed by atoms with Gasteiger partial charge in [-0.05, 0) is 14.0 Å². The monoisotopic (exact) mass is 226 g/mol. The second kappa shape index (κ2) is 4.33. The first-order valence-corrected chi connectivity index (χ1v) is 5.47. The first-order chi connectivity index (χ1) is 7.18.